The molecule has 0 radical (unpaired) electrons. The smallest absolute Gasteiger partial charge is 0.260 e. The van der Waals surface area contributed by atoms with Gasteiger partial charge in [-0.15, -0.1) is 0 Å². The van der Waals surface area contributed by atoms with Crippen molar-refractivity contribution in [1.29, 1.82) is 0 Å². The summed E-state index contributed by atoms with van der Waals surface area (Å²) < 4.78 is 11.6. The lowest BCUT2D eigenvalue weighted by Gasteiger charge is -2.18. The van der Waals surface area contributed by atoms with Gasteiger partial charge in [-0.05, 0) is 35.9 Å². The minimum atomic E-state index is -0.0782. The fraction of sp³-hybridized carbons (Fsp3) is 0.263. The molecule has 1 aliphatic rings. The van der Waals surface area contributed by atoms with Crippen molar-refractivity contribution in [2.45, 2.75) is 5.75 Å². The molecule has 26 heavy (non-hydrogen) atoms. The molecule has 0 aromatic heterocycles. The molecule has 3 rings (SSSR count). The number of amides is 1. The molecule has 2 aromatic rings. The van der Waals surface area contributed by atoms with Crippen molar-refractivity contribution >= 4 is 38.8 Å². The Morgan fingerprint density at radius 1 is 1.15 bits per heavy atom. The molecule has 0 saturated heterocycles. The van der Waals surface area contributed by atoms with Crippen LogP contribution in [0.2, 0.25) is 0 Å². The number of aliphatic imine (C=N–C) groups is 1. The predicted molar refractivity (Wildman–Crippen MR) is 108 cm³/mol. The van der Waals surface area contributed by atoms with Crippen molar-refractivity contribution in [2.24, 2.45) is 4.99 Å². The SMILES string of the molecule is COc1ccc(C(=O)N2CCN=C2SCc2ccc(Br)cc2)cc1OC. The lowest BCUT2D eigenvalue weighted by Crippen LogP contribution is -2.32. The van der Waals surface area contributed by atoms with E-state index in [-0.39, 0.29) is 5.91 Å². The fourth-order valence-corrected chi connectivity index (χ4v) is 3.86. The number of hydrogen-bond donors (Lipinski definition) is 0. The van der Waals surface area contributed by atoms with Crippen LogP contribution < -0.4 is 9.47 Å². The minimum Gasteiger partial charge on any atom is -0.493 e. The third kappa shape index (κ3) is 4.22. The van der Waals surface area contributed by atoms with E-state index in [1.54, 1.807) is 49.1 Å². The highest BCUT2D eigenvalue weighted by molar-refractivity contribution is 9.10. The summed E-state index contributed by atoms with van der Waals surface area (Å²) in [6, 6.07) is 13.3. The summed E-state index contributed by atoms with van der Waals surface area (Å²) in [4.78, 5) is 19.1. The fourth-order valence-electron chi connectivity index (χ4n) is 2.59. The summed E-state index contributed by atoms with van der Waals surface area (Å²) in [5.74, 6) is 1.83. The lowest BCUT2D eigenvalue weighted by atomic mass is 10.2. The number of amidine groups is 1. The van der Waals surface area contributed by atoms with Crippen molar-refractivity contribution in [3.63, 3.8) is 0 Å². The maximum Gasteiger partial charge on any atom is 0.260 e. The number of carbonyl (C=O) groups is 1. The Morgan fingerprint density at radius 3 is 2.58 bits per heavy atom. The molecule has 136 valence electrons. The van der Waals surface area contributed by atoms with E-state index in [2.05, 4.69) is 33.1 Å². The van der Waals surface area contributed by atoms with Gasteiger partial charge in [0.2, 0.25) is 0 Å². The van der Waals surface area contributed by atoms with Crippen LogP contribution >= 0.6 is 27.7 Å². The van der Waals surface area contributed by atoms with Gasteiger partial charge in [-0.25, -0.2) is 0 Å². The average Bonchev–Trinajstić information content (AvgIpc) is 3.15. The van der Waals surface area contributed by atoms with Gasteiger partial charge >= 0.3 is 0 Å². The summed E-state index contributed by atoms with van der Waals surface area (Å²) in [6.07, 6.45) is 0. The molecule has 1 aliphatic heterocycles. The maximum absolute atomic E-state index is 12.9. The molecule has 0 saturated carbocycles. The first-order valence-electron chi connectivity index (χ1n) is 8.08. The number of nitrogens with zero attached hydrogens (tertiary/aromatic N) is 2. The van der Waals surface area contributed by atoms with E-state index in [9.17, 15) is 4.79 Å². The molecule has 0 bridgehead atoms. The second-order valence-corrected chi connectivity index (χ2v) is 7.46. The number of ether oxygens (including phenoxy) is 2. The Bertz CT molecular complexity index is 824. The van der Waals surface area contributed by atoms with Gasteiger partial charge in [-0.3, -0.25) is 14.7 Å². The van der Waals surface area contributed by atoms with Crippen molar-refractivity contribution in [3.05, 3.63) is 58.1 Å². The zero-order chi connectivity index (χ0) is 18.5. The van der Waals surface area contributed by atoms with Crippen LogP contribution in [0.5, 0.6) is 11.5 Å². The van der Waals surface area contributed by atoms with Gasteiger partial charge in [0.15, 0.2) is 16.7 Å². The lowest BCUT2D eigenvalue weighted by molar-refractivity contribution is 0.0860. The maximum atomic E-state index is 12.9. The molecule has 2 aromatic carbocycles. The molecule has 1 amide bonds. The highest BCUT2D eigenvalue weighted by Gasteiger charge is 2.26. The summed E-state index contributed by atoms with van der Waals surface area (Å²) in [6.45, 7) is 1.22. The van der Waals surface area contributed by atoms with Crippen LogP contribution in [-0.4, -0.2) is 43.3 Å². The summed E-state index contributed by atoms with van der Waals surface area (Å²) in [5.41, 5.74) is 1.74. The minimum absolute atomic E-state index is 0.0782. The van der Waals surface area contributed by atoms with Crippen LogP contribution in [0.15, 0.2) is 51.9 Å². The van der Waals surface area contributed by atoms with Crippen molar-refractivity contribution < 1.29 is 14.3 Å². The first-order chi connectivity index (χ1) is 12.6. The zero-order valence-electron chi connectivity index (χ0n) is 14.6. The number of hydrogen-bond acceptors (Lipinski definition) is 5. The van der Waals surface area contributed by atoms with Crippen molar-refractivity contribution in [2.75, 3.05) is 27.3 Å². The summed E-state index contributed by atoms with van der Waals surface area (Å²) in [7, 11) is 3.13. The van der Waals surface area contributed by atoms with Gasteiger partial charge in [0.05, 0.1) is 20.8 Å². The molecule has 0 N–H and O–H groups in total. The van der Waals surface area contributed by atoms with E-state index in [0.29, 0.717) is 30.2 Å². The average molecular weight is 435 g/mol. The molecule has 0 spiro atoms. The van der Waals surface area contributed by atoms with E-state index < -0.39 is 0 Å². The van der Waals surface area contributed by atoms with Gasteiger partial charge in [0.1, 0.15) is 0 Å². The Morgan fingerprint density at radius 2 is 1.88 bits per heavy atom. The second kappa shape index (κ2) is 8.60. The molecule has 0 fully saturated rings. The Hall–Kier alpha value is -1.99. The Balaban J connectivity index is 1.70. The predicted octanol–water partition coefficient (Wildman–Crippen LogP) is 4.21. The van der Waals surface area contributed by atoms with E-state index in [0.717, 1.165) is 15.4 Å². The summed E-state index contributed by atoms with van der Waals surface area (Å²) >= 11 is 5.01. The van der Waals surface area contributed by atoms with E-state index in [1.807, 2.05) is 12.1 Å². The monoisotopic (exact) mass is 434 g/mol. The number of methoxy groups -OCH3 is 2. The molecule has 0 aliphatic carbocycles. The molecule has 0 unspecified atom stereocenters. The van der Waals surface area contributed by atoms with E-state index in [4.69, 9.17) is 9.47 Å². The van der Waals surface area contributed by atoms with Gasteiger partial charge in [-0.2, -0.15) is 0 Å². The first kappa shape index (κ1) is 18.8. The number of thioether (sulfide) groups is 1. The van der Waals surface area contributed by atoms with Gasteiger partial charge in [-0.1, -0.05) is 39.8 Å². The molecule has 7 heteroatoms. The van der Waals surface area contributed by atoms with Crippen LogP contribution in [0.1, 0.15) is 15.9 Å². The van der Waals surface area contributed by atoms with E-state index >= 15 is 0 Å². The molecule has 1 heterocycles. The van der Waals surface area contributed by atoms with Crippen molar-refractivity contribution in [1.82, 2.24) is 4.90 Å². The largest absolute Gasteiger partial charge is 0.493 e. The van der Waals surface area contributed by atoms with Gasteiger partial charge < -0.3 is 9.47 Å². The topological polar surface area (TPSA) is 51.1 Å². The Kier molecular flexibility index (Phi) is 6.21. The number of rotatable bonds is 5. The second-order valence-electron chi connectivity index (χ2n) is 5.61. The summed E-state index contributed by atoms with van der Waals surface area (Å²) in [5, 5.41) is 0.757. The number of carbonyl (C=O) groups excluding carboxylic acids is 1. The first-order valence-corrected chi connectivity index (χ1v) is 9.86. The van der Waals surface area contributed by atoms with Crippen LogP contribution in [0, 0.1) is 0 Å². The van der Waals surface area contributed by atoms with Crippen LogP contribution in [-0.2, 0) is 5.75 Å². The third-order valence-electron chi connectivity index (χ3n) is 3.96. The standard InChI is InChI=1S/C19H19BrN2O3S/c1-24-16-8-5-14(11-17(16)25-2)18(23)22-10-9-21-19(22)26-12-13-3-6-15(20)7-4-13/h3-8,11H,9-10,12H2,1-2H3. The number of halogens is 1. The molecular weight excluding hydrogens is 416 g/mol. The normalized spacial score (nSPS) is 13.5. The van der Waals surface area contributed by atoms with Crippen LogP contribution in [0.4, 0.5) is 0 Å². The quantitative estimate of drug-likeness (QED) is 0.706. The molecular formula is C19H19BrN2O3S. The van der Waals surface area contributed by atoms with Gasteiger partial charge in [0.25, 0.3) is 5.91 Å². The zero-order valence-corrected chi connectivity index (χ0v) is 17.0. The van der Waals surface area contributed by atoms with Crippen molar-refractivity contribution in [3.8, 4) is 11.5 Å². The third-order valence-corrected chi connectivity index (χ3v) is 5.57. The van der Waals surface area contributed by atoms with Gasteiger partial charge in [0, 0.05) is 22.3 Å². The highest BCUT2D eigenvalue weighted by atomic mass is 79.9. The molecule has 5 nitrogen and oxygen atoms in total. The van der Waals surface area contributed by atoms with Crippen LogP contribution in [0.3, 0.4) is 0 Å². The van der Waals surface area contributed by atoms with E-state index in [1.165, 1.54) is 5.56 Å². The Labute approximate surface area is 165 Å². The number of benzene rings is 2. The molecule has 0 atom stereocenters. The van der Waals surface area contributed by atoms with Crippen LogP contribution in [0.25, 0.3) is 0 Å². The highest BCUT2D eigenvalue weighted by Crippen LogP contribution is 2.29.